The van der Waals surface area contributed by atoms with Gasteiger partial charge in [0.05, 0.1) is 12.6 Å². The quantitative estimate of drug-likeness (QED) is 0.909. The molecular formula is C14H17N3O2. The van der Waals surface area contributed by atoms with Crippen molar-refractivity contribution in [1.82, 2.24) is 10.1 Å². The molecule has 2 aromatic rings. The van der Waals surface area contributed by atoms with Crippen LogP contribution in [0.15, 0.2) is 28.8 Å². The van der Waals surface area contributed by atoms with Crippen molar-refractivity contribution in [2.24, 2.45) is 5.73 Å². The third-order valence-electron chi connectivity index (χ3n) is 3.68. The SMILES string of the molecule is COc1ccccc1Cc1noc(C2(N)CCC2)n1. The second-order valence-corrected chi connectivity index (χ2v) is 5.01. The Bertz CT molecular complexity index is 576. The molecule has 3 rings (SSSR count). The van der Waals surface area contributed by atoms with Crippen molar-refractivity contribution in [3.63, 3.8) is 0 Å². The largest absolute Gasteiger partial charge is 0.496 e. The van der Waals surface area contributed by atoms with Crippen LogP contribution < -0.4 is 10.5 Å². The molecule has 0 unspecified atom stereocenters. The number of nitrogens with zero attached hydrogens (tertiary/aromatic N) is 2. The van der Waals surface area contributed by atoms with Crippen LogP contribution in [0.2, 0.25) is 0 Å². The first-order valence-electron chi connectivity index (χ1n) is 6.45. The van der Waals surface area contributed by atoms with Gasteiger partial charge in [-0.15, -0.1) is 0 Å². The minimum atomic E-state index is -0.397. The summed E-state index contributed by atoms with van der Waals surface area (Å²) in [6, 6.07) is 7.82. The smallest absolute Gasteiger partial charge is 0.246 e. The molecule has 0 bridgehead atoms. The monoisotopic (exact) mass is 259 g/mol. The van der Waals surface area contributed by atoms with Crippen LogP contribution in [0, 0.1) is 0 Å². The highest BCUT2D eigenvalue weighted by Gasteiger charge is 2.39. The van der Waals surface area contributed by atoms with Gasteiger partial charge in [-0.3, -0.25) is 0 Å². The van der Waals surface area contributed by atoms with Gasteiger partial charge in [0.25, 0.3) is 0 Å². The van der Waals surface area contributed by atoms with Crippen LogP contribution in [0.25, 0.3) is 0 Å². The van der Waals surface area contributed by atoms with Crippen LogP contribution in [0.3, 0.4) is 0 Å². The fourth-order valence-corrected chi connectivity index (χ4v) is 2.32. The summed E-state index contributed by atoms with van der Waals surface area (Å²) in [5.41, 5.74) is 6.81. The Hall–Kier alpha value is -1.88. The third kappa shape index (κ3) is 2.21. The molecule has 1 aromatic heterocycles. The lowest BCUT2D eigenvalue weighted by atomic mass is 9.78. The van der Waals surface area contributed by atoms with Crippen LogP contribution in [0.4, 0.5) is 0 Å². The predicted molar refractivity (Wildman–Crippen MR) is 69.8 cm³/mol. The van der Waals surface area contributed by atoms with Gasteiger partial charge in [-0.25, -0.2) is 0 Å². The standard InChI is InChI=1S/C14H17N3O2/c1-18-11-6-3-2-5-10(11)9-12-16-13(19-17-12)14(15)7-4-8-14/h2-3,5-6H,4,7-9,15H2,1H3. The molecule has 100 valence electrons. The van der Waals surface area contributed by atoms with Gasteiger partial charge in [0, 0.05) is 12.0 Å². The molecule has 0 saturated heterocycles. The molecule has 0 radical (unpaired) electrons. The third-order valence-corrected chi connectivity index (χ3v) is 3.68. The Kier molecular flexibility index (Phi) is 2.98. The highest BCUT2D eigenvalue weighted by molar-refractivity contribution is 5.35. The van der Waals surface area contributed by atoms with Crippen LogP contribution >= 0.6 is 0 Å². The molecule has 1 aromatic carbocycles. The van der Waals surface area contributed by atoms with Gasteiger partial charge in [0.1, 0.15) is 5.75 Å². The van der Waals surface area contributed by atoms with Crippen LogP contribution in [0.1, 0.15) is 36.5 Å². The molecule has 5 nitrogen and oxygen atoms in total. The van der Waals surface area contributed by atoms with E-state index in [0.29, 0.717) is 18.1 Å². The molecular weight excluding hydrogens is 242 g/mol. The number of hydrogen-bond acceptors (Lipinski definition) is 5. The van der Waals surface area contributed by atoms with Gasteiger partial charge in [-0.2, -0.15) is 4.98 Å². The molecule has 1 fully saturated rings. The van der Waals surface area contributed by atoms with E-state index in [1.807, 2.05) is 24.3 Å². The molecule has 0 atom stereocenters. The van der Waals surface area contributed by atoms with E-state index in [2.05, 4.69) is 10.1 Å². The number of nitrogens with two attached hydrogens (primary N) is 1. The number of hydrogen-bond donors (Lipinski definition) is 1. The molecule has 0 amide bonds. The van der Waals surface area contributed by atoms with Crippen molar-refractivity contribution in [3.05, 3.63) is 41.5 Å². The average molecular weight is 259 g/mol. The summed E-state index contributed by atoms with van der Waals surface area (Å²) in [5, 5.41) is 4.01. The maximum absolute atomic E-state index is 6.17. The van der Waals surface area contributed by atoms with E-state index < -0.39 is 5.54 Å². The summed E-state index contributed by atoms with van der Waals surface area (Å²) in [6.45, 7) is 0. The van der Waals surface area contributed by atoms with Crippen molar-refractivity contribution in [3.8, 4) is 5.75 Å². The zero-order valence-electron chi connectivity index (χ0n) is 10.9. The fraction of sp³-hybridized carbons (Fsp3) is 0.429. The van der Waals surface area contributed by atoms with Gasteiger partial charge in [-0.05, 0) is 25.3 Å². The molecule has 1 aliphatic rings. The summed E-state index contributed by atoms with van der Waals surface area (Å²) in [5.74, 6) is 2.04. The first-order valence-corrected chi connectivity index (χ1v) is 6.45. The zero-order chi connectivity index (χ0) is 13.3. The van der Waals surface area contributed by atoms with Gasteiger partial charge < -0.3 is 15.0 Å². The minimum Gasteiger partial charge on any atom is -0.496 e. The fourth-order valence-electron chi connectivity index (χ4n) is 2.32. The topological polar surface area (TPSA) is 74.2 Å². The van der Waals surface area contributed by atoms with Crippen molar-refractivity contribution < 1.29 is 9.26 Å². The van der Waals surface area contributed by atoms with Crippen LogP contribution in [-0.4, -0.2) is 17.3 Å². The lowest BCUT2D eigenvalue weighted by Gasteiger charge is -2.33. The number of methoxy groups -OCH3 is 1. The van der Waals surface area contributed by atoms with E-state index >= 15 is 0 Å². The Morgan fingerprint density at radius 1 is 1.37 bits per heavy atom. The molecule has 5 heteroatoms. The van der Waals surface area contributed by atoms with Gasteiger partial charge in [0.2, 0.25) is 5.89 Å². The maximum Gasteiger partial charge on any atom is 0.246 e. The summed E-state index contributed by atoms with van der Waals surface area (Å²) in [6.07, 6.45) is 3.55. The minimum absolute atomic E-state index is 0.397. The van der Waals surface area contributed by atoms with Crippen molar-refractivity contribution in [2.45, 2.75) is 31.2 Å². The van der Waals surface area contributed by atoms with E-state index in [0.717, 1.165) is 30.6 Å². The summed E-state index contributed by atoms with van der Waals surface area (Å²) >= 11 is 0. The molecule has 0 spiro atoms. The number of benzene rings is 1. The van der Waals surface area contributed by atoms with Crippen molar-refractivity contribution in [2.75, 3.05) is 7.11 Å². The Morgan fingerprint density at radius 2 is 2.16 bits per heavy atom. The maximum atomic E-state index is 6.17. The van der Waals surface area contributed by atoms with Crippen molar-refractivity contribution >= 4 is 0 Å². The predicted octanol–water partition coefficient (Wildman–Crippen LogP) is 2.01. The lowest BCUT2D eigenvalue weighted by molar-refractivity contribution is 0.181. The Balaban J connectivity index is 1.80. The highest BCUT2D eigenvalue weighted by Crippen LogP contribution is 2.37. The molecule has 1 aliphatic carbocycles. The number of rotatable bonds is 4. The van der Waals surface area contributed by atoms with Crippen LogP contribution in [0.5, 0.6) is 5.75 Å². The zero-order valence-corrected chi connectivity index (χ0v) is 10.9. The van der Waals surface area contributed by atoms with Crippen molar-refractivity contribution in [1.29, 1.82) is 0 Å². The van der Waals surface area contributed by atoms with Gasteiger partial charge in [0.15, 0.2) is 5.82 Å². The second-order valence-electron chi connectivity index (χ2n) is 5.01. The first kappa shape index (κ1) is 12.2. The number of para-hydroxylation sites is 1. The molecule has 1 heterocycles. The van der Waals surface area contributed by atoms with Gasteiger partial charge >= 0.3 is 0 Å². The summed E-state index contributed by atoms with van der Waals surface area (Å²) in [7, 11) is 1.66. The molecule has 19 heavy (non-hydrogen) atoms. The molecule has 0 aliphatic heterocycles. The van der Waals surface area contributed by atoms with E-state index in [-0.39, 0.29) is 0 Å². The average Bonchev–Trinajstić information content (AvgIpc) is 2.85. The second kappa shape index (κ2) is 4.66. The number of aromatic nitrogens is 2. The Morgan fingerprint density at radius 3 is 2.84 bits per heavy atom. The van der Waals surface area contributed by atoms with E-state index in [9.17, 15) is 0 Å². The summed E-state index contributed by atoms with van der Waals surface area (Å²) in [4.78, 5) is 4.42. The van der Waals surface area contributed by atoms with E-state index in [1.54, 1.807) is 7.11 Å². The summed E-state index contributed by atoms with van der Waals surface area (Å²) < 4.78 is 10.6. The number of ether oxygens (including phenoxy) is 1. The van der Waals surface area contributed by atoms with Crippen LogP contribution in [-0.2, 0) is 12.0 Å². The normalized spacial score (nSPS) is 16.9. The van der Waals surface area contributed by atoms with E-state index in [4.69, 9.17) is 15.0 Å². The van der Waals surface area contributed by atoms with Gasteiger partial charge in [-0.1, -0.05) is 23.4 Å². The van der Waals surface area contributed by atoms with E-state index in [1.165, 1.54) is 0 Å². The molecule has 2 N–H and O–H groups in total. The molecule has 1 saturated carbocycles. The lowest BCUT2D eigenvalue weighted by Crippen LogP contribution is -2.43. The first-order chi connectivity index (χ1) is 9.21. The highest BCUT2D eigenvalue weighted by atomic mass is 16.5. The Labute approximate surface area is 111 Å².